The fourth-order valence-corrected chi connectivity index (χ4v) is 3.19. The summed E-state index contributed by atoms with van der Waals surface area (Å²) in [5.74, 6) is 0.291. The van der Waals surface area contributed by atoms with E-state index < -0.39 is 0 Å². The second kappa shape index (κ2) is 6.53. The van der Waals surface area contributed by atoms with Gasteiger partial charge < -0.3 is 10.6 Å². The van der Waals surface area contributed by atoms with Crippen LogP contribution in [0.1, 0.15) is 45.4 Å². The van der Waals surface area contributed by atoms with Crippen LogP contribution in [0.5, 0.6) is 0 Å². The second-order valence-electron chi connectivity index (χ2n) is 5.73. The maximum absolute atomic E-state index is 12.2. The average molecular weight is 253 g/mol. The zero-order chi connectivity index (χ0) is 13.0. The van der Waals surface area contributed by atoms with Gasteiger partial charge in [-0.2, -0.15) is 0 Å². The van der Waals surface area contributed by atoms with E-state index in [9.17, 15) is 4.79 Å². The highest BCUT2D eigenvalue weighted by Gasteiger charge is 2.33. The molecule has 4 nitrogen and oxygen atoms in total. The lowest BCUT2D eigenvalue weighted by Crippen LogP contribution is -2.59. The zero-order valence-corrected chi connectivity index (χ0v) is 11.6. The fraction of sp³-hybridized carbons (Fsp3) is 0.929. The number of carbonyl (C=O) groups excluding carboxylic acids is 1. The summed E-state index contributed by atoms with van der Waals surface area (Å²) in [4.78, 5) is 16.6. The second-order valence-corrected chi connectivity index (χ2v) is 5.73. The van der Waals surface area contributed by atoms with Crippen LogP contribution in [0.2, 0.25) is 0 Å². The Morgan fingerprint density at radius 2 is 2.06 bits per heavy atom. The lowest BCUT2D eigenvalue weighted by atomic mass is 9.89. The molecule has 0 unspecified atom stereocenters. The van der Waals surface area contributed by atoms with Gasteiger partial charge in [-0.15, -0.1) is 0 Å². The Kier molecular flexibility index (Phi) is 5.01. The molecular weight excluding hydrogens is 226 g/mol. The van der Waals surface area contributed by atoms with E-state index in [1.807, 2.05) is 0 Å². The highest BCUT2D eigenvalue weighted by Crippen LogP contribution is 2.23. The number of unbranched alkanes of at least 4 members (excludes halogenated alkanes) is 1. The topological polar surface area (TPSA) is 49.6 Å². The summed E-state index contributed by atoms with van der Waals surface area (Å²) in [6.07, 6.45) is 7.01. The van der Waals surface area contributed by atoms with Crippen LogP contribution in [0.25, 0.3) is 0 Å². The molecule has 1 heterocycles. The van der Waals surface area contributed by atoms with Gasteiger partial charge >= 0.3 is 0 Å². The van der Waals surface area contributed by atoms with Crippen LogP contribution in [-0.2, 0) is 4.79 Å². The van der Waals surface area contributed by atoms with Crippen molar-refractivity contribution < 1.29 is 4.79 Å². The van der Waals surface area contributed by atoms with Crippen molar-refractivity contribution in [1.82, 2.24) is 9.80 Å². The number of nitrogens with zero attached hydrogens (tertiary/aromatic N) is 2. The van der Waals surface area contributed by atoms with Gasteiger partial charge in [0.25, 0.3) is 0 Å². The van der Waals surface area contributed by atoms with Crippen LogP contribution in [0.15, 0.2) is 0 Å². The van der Waals surface area contributed by atoms with Gasteiger partial charge in [0.2, 0.25) is 5.91 Å². The van der Waals surface area contributed by atoms with Crippen LogP contribution in [0.3, 0.4) is 0 Å². The molecule has 0 aromatic rings. The molecule has 18 heavy (non-hydrogen) atoms. The molecule has 4 heteroatoms. The normalized spacial score (nSPS) is 30.8. The average Bonchev–Trinajstić information content (AvgIpc) is 2.38. The first-order valence-electron chi connectivity index (χ1n) is 7.49. The van der Waals surface area contributed by atoms with Gasteiger partial charge in [-0.05, 0) is 25.8 Å². The van der Waals surface area contributed by atoms with E-state index in [0.29, 0.717) is 18.5 Å². The highest BCUT2D eigenvalue weighted by molar-refractivity contribution is 5.79. The van der Waals surface area contributed by atoms with Crippen LogP contribution < -0.4 is 5.73 Å². The number of nitrogens with two attached hydrogens (primary N) is 1. The Hall–Kier alpha value is -0.610. The lowest BCUT2D eigenvalue weighted by molar-refractivity contribution is -0.139. The zero-order valence-electron chi connectivity index (χ0n) is 11.6. The van der Waals surface area contributed by atoms with E-state index in [1.54, 1.807) is 0 Å². The molecule has 0 aromatic carbocycles. The number of piperazine rings is 1. The van der Waals surface area contributed by atoms with Crippen LogP contribution in [-0.4, -0.2) is 54.0 Å². The molecule has 0 aromatic heterocycles. The molecule has 1 saturated carbocycles. The maximum Gasteiger partial charge on any atom is 0.237 e. The van der Waals surface area contributed by atoms with E-state index in [4.69, 9.17) is 5.73 Å². The van der Waals surface area contributed by atoms with Crippen molar-refractivity contribution in [2.24, 2.45) is 5.73 Å². The first kappa shape index (κ1) is 13.8. The predicted octanol–water partition coefficient (Wildman–Crippen LogP) is 1.20. The number of carbonyl (C=O) groups is 1. The van der Waals surface area contributed by atoms with E-state index in [-0.39, 0.29) is 6.04 Å². The molecule has 104 valence electrons. The Balaban J connectivity index is 1.86. The Morgan fingerprint density at radius 3 is 2.72 bits per heavy atom. The van der Waals surface area contributed by atoms with Crippen molar-refractivity contribution in [3.63, 3.8) is 0 Å². The molecule has 1 amide bonds. The number of hydrogen-bond donors (Lipinski definition) is 1. The van der Waals surface area contributed by atoms with Gasteiger partial charge in [-0.25, -0.2) is 0 Å². The molecule has 0 spiro atoms. The molecule has 2 fully saturated rings. The smallest absolute Gasteiger partial charge is 0.237 e. The van der Waals surface area contributed by atoms with Crippen LogP contribution in [0, 0.1) is 0 Å². The Morgan fingerprint density at radius 1 is 1.28 bits per heavy atom. The summed E-state index contributed by atoms with van der Waals surface area (Å²) in [7, 11) is 0. The van der Waals surface area contributed by atoms with E-state index in [2.05, 4.69) is 16.7 Å². The summed E-state index contributed by atoms with van der Waals surface area (Å²) < 4.78 is 0. The summed E-state index contributed by atoms with van der Waals surface area (Å²) in [5.41, 5.74) is 6.18. The monoisotopic (exact) mass is 253 g/mol. The molecule has 2 atom stereocenters. The Labute approximate surface area is 110 Å². The van der Waals surface area contributed by atoms with E-state index >= 15 is 0 Å². The first-order chi connectivity index (χ1) is 8.72. The molecule has 2 rings (SSSR count). The van der Waals surface area contributed by atoms with Gasteiger partial charge in [0, 0.05) is 25.2 Å². The SMILES string of the molecule is CCCCN1CCN([C@H]2CCCC[C@@H]2N)C(=O)C1. The Bertz CT molecular complexity index is 282. The van der Waals surface area contributed by atoms with Crippen molar-refractivity contribution in [2.45, 2.75) is 57.5 Å². The van der Waals surface area contributed by atoms with Crippen molar-refractivity contribution in [3.05, 3.63) is 0 Å². The van der Waals surface area contributed by atoms with Crippen LogP contribution >= 0.6 is 0 Å². The van der Waals surface area contributed by atoms with Gasteiger partial charge in [0.1, 0.15) is 0 Å². The predicted molar refractivity (Wildman–Crippen MR) is 73.3 cm³/mol. The van der Waals surface area contributed by atoms with Crippen molar-refractivity contribution in [2.75, 3.05) is 26.2 Å². The van der Waals surface area contributed by atoms with Gasteiger partial charge in [0.15, 0.2) is 0 Å². The molecule has 1 aliphatic heterocycles. The summed E-state index contributed by atoms with van der Waals surface area (Å²) in [6.45, 7) is 5.75. The largest absolute Gasteiger partial charge is 0.336 e. The molecule has 2 N–H and O–H groups in total. The summed E-state index contributed by atoms with van der Waals surface area (Å²) in [6, 6.07) is 0.504. The summed E-state index contributed by atoms with van der Waals surface area (Å²) >= 11 is 0. The number of amides is 1. The third kappa shape index (κ3) is 3.23. The third-order valence-corrected chi connectivity index (χ3v) is 4.35. The molecular formula is C14H27N3O. The number of rotatable bonds is 4. The maximum atomic E-state index is 12.2. The van der Waals surface area contributed by atoms with Crippen molar-refractivity contribution in [1.29, 1.82) is 0 Å². The molecule has 0 radical (unpaired) electrons. The molecule has 1 aliphatic carbocycles. The minimum Gasteiger partial charge on any atom is -0.336 e. The van der Waals surface area contributed by atoms with Crippen LogP contribution in [0.4, 0.5) is 0 Å². The quantitative estimate of drug-likeness (QED) is 0.819. The van der Waals surface area contributed by atoms with Gasteiger partial charge in [0.05, 0.1) is 6.54 Å². The summed E-state index contributed by atoms with van der Waals surface area (Å²) in [5, 5.41) is 0. The molecule has 2 aliphatic rings. The minimum absolute atomic E-state index is 0.199. The third-order valence-electron chi connectivity index (χ3n) is 4.35. The standard InChI is InChI=1S/C14H27N3O/c1-2-3-8-16-9-10-17(14(18)11-16)13-7-5-4-6-12(13)15/h12-13H,2-11,15H2,1H3/t12-,13-/m0/s1. The minimum atomic E-state index is 0.199. The molecule has 0 bridgehead atoms. The lowest BCUT2D eigenvalue weighted by Gasteiger charge is -2.43. The van der Waals surface area contributed by atoms with Crippen molar-refractivity contribution in [3.8, 4) is 0 Å². The van der Waals surface area contributed by atoms with Gasteiger partial charge in [-0.1, -0.05) is 26.2 Å². The first-order valence-corrected chi connectivity index (χ1v) is 7.49. The fourth-order valence-electron chi connectivity index (χ4n) is 3.19. The number of hydrogen-bond acceptors (Lipinski definition) is 3. The van der Waals surface area contributed by atoms with Crippen molar-refractivity contribution >= 4 is 5.91 Å². The van der Waals surface area contributed by atoms with Gasteiger partial charge in [-0.3, -0.25) is 9.69 Å². The molecule has 1 saturated heterocycles. The highest BCUT2D eigenvalue weighted by atomic mass is 16.2. The van der Waals surface area contributed by atoms with E-state index in [1.165, 1.54) is 25.7 Å². The van der Waals surface area contributed by atoms with E-state index in [0.717, 1.165) is 32.5 Å².